The van der Waals surface area contributed by atoms with Gasteiger partial charge in [0.15, 0.2) is 0 Å². The number of carboxylic acids is 1. The van der Waals surface area contributed by atoms with Gasteiger partial charge in [-0.05, 0) is 43.0 Å². The number of hydrogen-bond acceptors (Lipinski definition) is 5. The lowest BCUT2D eigenvalue weighted by Crippen LogP contribution is -2.37. The van der Waals surface area contributed by atoms with Gasteiger partial charge in [0.1, 0.15) is 12.2 Å². The van der Waals surface area contributed by atoms with E-state index in [4.69, 9.17) is 9.47 Å². The van der Waals surface area contributed by atoms with Gasteiger partial charge in [-0.1, -0.05) is 48.5 Å². The minimum Gasteiger partial charge on any atom is -0.481 e. The molecule has 2 amide bonds. The van der Waals surface area contributed by atoms with Gasteiger partial charge in [0.2, 0.25) is 0 Å². The molecule has 1 aliphatic heterocycles. The van der Waals surface area contributed by atoms with Crippen LogP contribution in [-0.4, -0.2) is 60.0 Å². The number of benzene rings is 2. The lowest BCUT2D eigenvalue weighted by molar-refractivity contribution is -0.142. The molecule has 2 aliphatic rings. The third-order valence-electron chi connectivity index (χ3n) is 6.26. The zero-order chi connectivity index (χ0) is 24.5. The first-order valence-corrected chi connectivity index (χ1v) is 11.4. The molecular weight excluding hydrogens is 436 g/mol. The molecule has 0 bridgehead atoms. The number of amides is 2. The molecule has 8 nitrogen and oxygen atoms in total. The van der Waals surface area contributed by atoms with E-state index in [1.807, 2.05) is 36.4 Å². The molecule has 1 heterocycles. The maximum Gasteiger partial charge on any atom is 0.410 e. The molecule has 0 radical (unpaired) electrons. The number of nitrogens with one attached hydrogen (secondary N) is 1. The van der Waals surface area contributed by atoms with E-state index in [-0.39, 0.29) is 32.2 Å². The average Bonchev–Trinajstić information content (AvgIpc) is 3.35. The molecule has 4 rings (SSSR count). The fourth-order valence-electron chi connectivity index (χ4n) is 4.70. The second kappa shape index (κ2) is 9.37. The van der Waals surface area contributed by atoms with Crippen LogP contribution >= 0.6 is 0 Å². The largest absolute Gasteiger partial charge is 0.481 e. The van der Waals surface area contributed by atoms with Gasteiger partial charge in [-0.2, -0.15) is 0 Å². The number of hydrogen-bond donors (Lipinski definition) is 2. The van der Waals surface area contributed by atoms with Crippen LogP contribution in [0.1, 0.15) is 37.8 Å². The van der Waals surface area contributed by atoms with Gasteiger partial charge in [0, 0.05) is 31.5 Å². The summed E-state index contributed by atoms with van der Waals surface area (Å²) in [6.07, 6.45) is -1.16. The predicted molar refractivity (Wildman–Crippen MR) is 125 cm³/mol. The minimum absolute atomic E-state index is 0.0429. The van der Waals surface area contributed by atoms with Crippen molar-refractivity contribution >= 4 is 18.2 Å². The minimum atomic E-state index is -1.01. The van der Waals surface area contributed by atoms with Gasteiger partial charge in [0.05, 0.1) is 5.92 Å². The summed E-state index contributed by atoms with van der Waals surface area (Å²) >= 11 is 0. The number of fused-ring (bicyclic) bond motifs is 3. The summed E-state index contributed by atoms with van der Waals surface area (Å²) in [6, 6.07) is 16.2. The van der Waals surface area contributed by atoms with Gasteiger partial charge < -0.3 is 24.8 Å². The molecule has 0 saturated carbocycles. The van der Waals surface area contributed by atoms with E-state index in [1.165, 1.54) is 4.90 Å². The van der Waals surface area contributed by atoms with Crippen molar-refractivity contribution in [3.63, 3.8) is 0 Å². The lowest BCUT2D eigenvalue weighted by atomic mass is 9.96. The maximum absolute atomic E-state index is 12.5. The number of nitrogens with zero attached hydrogens (tertiary/aromatic N) is 1. The van der Waals surface area contributed by atoms with Crippen molar-refractivity contribution in [1.82, 2.24) is 10.2 Å². The van der Waals surface area contributed by atoms with E-state index >= 15 is 0 Å². The van der Waals surface area contributed by atoms with Crippen LogP contribution in [0.4, 0.5) is 9.59 Å². The smallest absolute Gasteiger partial charge is 0.410 e. The highest BCUT2D eigenvalue weighted by Crippen LogP contribution is 2.44. The summed E-state index contributed by atoms with van der Waals surface area (Å²) in [4.78, 5) is 37.9. The highest BCUT2D eigenvalue weighted by atomic mass is 16.6. The van der Waals surface area contributed by atoms with E-state index in [2.05, 4.69) is 17.4 Å². The van der Waals surface area contributed by atoms with Crippen molar-refractivity contribution in [2.24, 2.45) is 11.8 Å². The van der Waals surface area contributed by atoms with Crippen molar-refractivity contribution in [2.45, 2.75) is 32.3 Å². The molecule has 2 aromatic rings. The number of ether oxygens (including phenoxy) is 2. The van der Waals surface area contributed by atoms with Gasteiger partial charge in [-0.3, -0.25) is 4.79 Å². The fourth-order valence-corrected chi connectivity index (χ4v) is 4.70. The quantitative estimate of drug-likeness (QED) is 0.688. The second-order valence-electron chi connectivity index (χ2n) is 9.80. The Morgan fingerprint density at radius 1 is 1.00 bits per heavy atom. The van der Waals surface area contributed by atoms with Crippen molar-refractivity contribution in [2.75, 3.05) is 26.2 Å². The average molecular weight is 467 g/mol. The summed E-state index contributed by atoms with van der Waals surface area (Å²) in [5.74, 6) is -2.30. The van der Waals surface area contributed by atoms with Gasteiger partial charge in [-0.25, -0.2) is 9.59 Å². The Morgan fingerprint density at radius 3 is 2.15 bits per heavy atom. The summed E-state index contributed by atoms with van der Waals surface area (Å²) in [6.45, 7) is 5.77. The van der Waals surface area contributed by atoms with Gasteiger partial charge in [-0.15, -0.1) is 0 Å². The number of rotatable bonds is 5. The van der Waals surface area contributed by atoms with E-state index in [0.29, 0.717) is 0 Å². The Labute approximate surface area is 198 Å². The molecule has 0 unspecified atom stereocenters. The number of aliphatic carboxylic acids is 1. The van der Waals surface area contributed by atoms with Crippen molar-refractivity contribution in [3.05, 3.63) is 59.7 Å². The van der Waals surface area contributed by atoms with Crippen molar-refractivity contribution in [3.8, 4) is 11.1 Å². The van der Waals surface area contributed by atoms with E-state index in [9.17, 15) is 19.5 Å². The van der Waals surface area contributed by atoms with Crippen LogP contribution in [-0.2, 0) is 14.3 Å². The number of carbonyl (C=O) groups is 3. The summed E-state index contributed by atoms with van der Waals surface area (Å²) < 4.78 is 10.9. The third-order valence-corrected chi connectivity index (χ3v) is 6.26. The van der Waals surface area contributed by atoms with Crippen molar-refractivity contribution < 1.29 is 29.0 Å². The van der Waals surface area contributed by atoms with E-state index < -0.39 is 35.6 Å². The second-order valence-corrected chi connectivity index (χ2v) is 9.80. The first-order valence-electron chi connectivity index (χ1n) is 11.4. The molecule has 2 N–H and O–H groups in total. The molecule has 0 spiro atoms. The molecule has 2 aromatic carbocycles. The van der Waals surface area contributed by atoms with Crippen LogP contribution in [0.5, 0.6) is 0 Å². The fraction of sp³-hybridized carbons (Fsp3) is 0.423. The predicted octanol–water partition coefficient (Wildman–Crippen LogP) is 4.09. The Hall–Kier alpha value is -3.55. The molecule has 180 valence electrons. The Bertz CT molecular complexity index is 1050. The Kier molecular flexibility index (Phi) is 6.50. The Morgan fingerprint density at radius 2 is 1.59 bits per heavy atom. The molecule has 1 fully saturated rings. The zero-order valence-electron chi connectivity index (χ0n) is 19.6. The molecule has 8 heteroatoms. The number of carboxylic acid groups (broad SMARTS) is 1. The standard InChI is InChI=1S/C26H30N2O6/c1-26(2,3)34-25(32)28-13-16(21(14-28)23(29)30)12-27-24(31)33-15-22-19-10-6-4-8-17(19)18-9-5-7-11-20(18)22/h4-11,16,21-22H,12-15H2,1-3H3,(H,27,31)(H,29,30)/t16-,21-/m0/s1. The Balaban J connectivity index is 1.34. The van der Waals surface area contributed by atoms with E-state index in [0.717, 1.165) is 22.3 Å². The van der Waals surface area contributed by atoms with Crippen molar-refractivity contribution in [1.29, 1.82) is 0 Å². The number of likely N-dealkylation sites (tertiary alicyclic amines) is 1. The first kappa shape index (κ1) is 23.6. The summed E-state index contributed by atoms with van der Waals surface area (Å²) in [5, 5.41) is 12.3. The van der Waals surface area contributed by atoms with Crippen LogP contribution in [0.25, 0.3) is 11.1 Å². The molecule has 2 atom stereocenters. The molecule has 1 aliphatic carbocycles. The lowest BCUT2D eigenvalue weighted by Gasteiger charge is -2.24. The zero-order valence-corrected chi connectivity index (χ0v) is 19.6. The number of alkyl carbamates (subject to hydrolysis) is 1. The number of carbonyl (C=O) groups excluding carboxylic acids is 2. The third kappa shape index (κ3) is 5.00. The normalized spacial score (nSPS) is 19.3. The SMILES string of the molecule is CC(C)(C)OC(=O)N1C[C@H](CNC(=O)OCC2c3ccccc3-c3ccccc32)[C@@H](C(=O)O)C1. The van der Waals surface area contributed by atoms with E-state index in [1.54, 1.807) is 20.8 Å². The first-order chi connectivity index (χ1) is 16.1. The molecule has 1 saturated heterocycles. The topological polar surface area (TPSA) is 105 Å². The van der Waals surface area contributed by atoms with Crippen LogP contribution in [0.3, 0.4) is 0 Å². The van der Waals surface area contributed by atoms with Crippen LogP contribution < -0.4 is 5.32 Å². The van der Waals surface area contributed by atoms with Gasteiger partial charge >= 0.3 is 18.2 Å². The maximum atomic E-state index is 12.5. The van der Waals surface area contributed by atoms with Crippen LogP contribution in [0, 0.1) is 11.8 Å². The highest BCUT2D eigenvalue weighted by Gasteiger charge is 2.41. The van der Waals surface area contributed by atoms with Gasteiger partial charge in [0.25, 0.3) is 0 Å². The summed E-state index contributed by atoms with van der Waals surface area (Å²) in [7, 11) is 0. The van der Waals surface area contributed by atoms with Crippen LogP contribution in [0.15, 0.2) is 48.5 Å². The monoisotopic (exact) mass is 466 g/mol. The molecule has 0 aromatic heterocycles. The molecular formula is C26H30N2O6. The summed E-state index contributed by atoms with van der Waals surface area (Å²) in [5.41, 5.74) is 3.85. The highest BCUT2D eigenvalue weighted by molar-refractivity contribution is 5.79. The van der Waals surface area contributed by atoms with Crippen LogP contribution in [0.2, 0.25) is 0 Å². The molecule has 34 heavy (non-hydrogen) atoms.